The highest BCUT2D eigenvalue weighted by atomic mass is 35.5. The fraction of sp³-hybridized carbons (Fsp3) is 0.333. The Bertz CT molecular complexity index is 686. The van der Waals surface area contributed by atoms with Crippen molar-refractivity contribution >= 4 is 28.9 Å². The van der Waals surface area contributed by atoms with Crippen LogP contribution in [0.25, 0.3) is 0 Å². The van der Waals surface area contributed by atoms with Crippen molar-refractivity contribution in [3.05, 3.63) is 56.4 Å². The smallest absolute Gasteiger partial charge is 0.287 e. The van der Waals surface area contributed by atoms with Crippen LogP contribution in [0.1, 0.15) is 12.0 Å². The molecule has 0 bridgehead atoms. The summed E-state index contributed by atoms with van der Waals surface area (Å²) in [5.74, 6) is 0. The molecule has 22 heavy (non-hydrogen) atoms. The number of hydrogen-bond donors (Lipinski definition) is 1. The maximum Gasteiger partial charge on any atom is 0.287 e. The van der Waals surface area contributed by atoms with Gasteiger partial charge in [0, 0.05) is 31.8 Å². The molecule has 5 nitrogen and oxygen atoms in total. The Kier molecular flexibility index (Phi) is 5.83. The van der Waals surface area contributed by atoms with Crippen LogP contribution in [0.4, 0.5) is 5.69 Å². The average molecular weight is 342 g/mol. The van der Waals surface area contributed by atoms with Crippen molar-refractivity contribution in [1.29, 1.82) is 0 Å². The van der Waals surface area contributed by atoms with Gasteiger partial charge < -0.3 is 10.0 Å². The summed E-state index contributed by atoms with van der Waals surface area (Å²) in [7, 11) is 1.55. The topological polar surface area (TPSA) is 58.4 Å². The van der Waals surface area contributed by atoms with Gasteiger partial charge in [-0.3, -0.25) is 4.79 Å². The number of rotatable bonds is 6. The predicted octanol–water partition coefficient (Wildman–Crippen LogP) is 2.48. The maximum atomic E-state index is 11.9. The molecule has 0 saturated heterocycles. The second-order valence-electron chi connectivity index (χ2n) is 4.90. The van der Waals surface area contributed by atoms with E-state index in [9.17, 15) is 4.79 Å². The lowest BCUT2D eigenvalue weighted by Gasteiger charge is -2.25. The number of benzene rings is 1. The second-order valence-corrected chi connectivity index (χ2v) is 5.71. The summed E-state index contributed by atoms with van der Waals surface area (Å²) in [6.07, 6.45) is 2.14. The first-order valence-corrected chi connectivity index (χ1v) is 7.60. The average Bonchev–Trinajstić information content (AvgIpc) is 2.51. The molecule has 0 spiro atoms. The molecule has 118 valence electrons. The zero-order chi connectivity index (χ0) is 16.1. The van der Waals surface area contributed by atoms with Crippen molar-refractivity contribution in [2.45, 2.75) is 13.0 Å². The molecular weight excluding hydrogens is 325 g/mol. The van der Waals surface area contributed by atoms with E-state index in [2.05, 4.69) is 5.10 Å². The lowest BCUT2D eigenvalue weighted by atomic mass is 10.2. The third kappa shape index (κ3) is 4.00. The van der Waals surface area contributed by atoms with Gasteiger partial charge in [0.15, 0.2) is 0 Å². The van der Waals surface area contributed by atoms with Crippen molar-refractivity contribution in [2.75, 3.05) is 18.1 Å². The minimum Gasteiger partial charge on any atom is -0.396 e. The molecule has 2 aromatic rings. The van der Waals surface area contributed by atoms with Gasteiger partial charge in [0.25, 0.3) is 5.56 Å². The summed E-state index contributed by atoms with van der Waals surface area (Å²) in [5.41, 5.74) is 1.25. The molecule has 0 saturated carbocycles. The van der Waals surface area contributed by atoms with E-state index in [1.54, 1.807) is 13.2 Å². The first-order valence-electron chi connectivity index (χ1n) is 6.85. The normalized spacial score (nSPS) is 10.7. The van der Waals surface area contributed by atoms with Crippen LogP contribution in [-0.2, 0) is 13.6 Å². The third-order valence-electron chi connectivity index (χ3n) is 3.27. The molecule has 0 amide bonds. The Labute approximate surface area is 138 Å². The van der Waals surface area contributed by atoms with Gasteiger partial charge in [0.1, 0.15) is 5.02 Å². The van der Waals surface area contributed by atoms with Crippen molar-refractivity contribution in [1.82, 2.24) is 9.78 Å². The molecule has 0 unspecified atom stereocenters. The van der Waals surface area contributed by atoms with E-state index in [4.69, 9.17) is 28.3 Å². The number of halogens is 2. The molecule has 0 aliphatic heterocycles. The van der Waals surface area contributed by atoms with E-state index in [-0.39, 0.29) is 17.2 Å². The highest BCUT2D eigenvalue weighted by Gasteiger charge is 2.15. The number of hydrogen-bond acceptors (Lipinski definition) is 4. The van der Waals surface area contributed by atoms with Gasteiger partial charge in [-0.15, -0.1) is 0 Å². The van der Waals surface area contributed by atoms with E-state index < -0.39 is 0 Å². The molecular formula is C15H17Cl2N3O2. The number of aliphatic hydroxyl groups is 1. The van der Waals surface area contributed by atoms with Crippen LogP contribution in [0.3, 0.4) is 0 Å². The Morgan fingerprint density at radius 1 is 1.27 bits per heavy atom. The molecule has 0 aliphatic rings. The highest BCUT2D eigenvalue weighted by molar-refractivity contribution is 6.33. The summed E-state index contributed by atoms with van der Waals surface area (Å²) in [4.78, 5) is 13.9. The first kappa shape index (κ1) is 16.8. The zero-order valence-corrected chi connectivity index (χ0v) is 13.7. The summed E-state index contributed by atoms with van der Waals surface area (Å²) in [5, 5.41) is 13.9. The van der Waals surface area contributed by atoms with Crippen LogP contribution in [0.2, 0.25) is 10.0 Å². The number of nitrogens with zero attached hydrogens (tertiary/aromatic N) is 3. The van der Waals surface area contributed by atoms with Gasteiger partial charge in [-0.25, -0.2) is 4.68 Å². The Balaban J connectivity index is 2.31. The molecule has 1 N–H and O–H groups in total. The largest absolute Gasteiger partial charge is 0.396 e. The minimum atomic E-state index is -0.343. The van der Waals surface area contributed by atoms with E-state index in [0.717, 1.165) is 5.56 Å². The number of aromatic nitrogens is 2. The fourth-order valence-electron chi connectivity index (χ4n) is 2.08. The number of aryl methyl sites for hydroxylation is 1. The van der Waals surface area contributed by atoms with E-state index >= 15 is 0 Å². The molecule has 2 rings (SSSR count). The number of anilines is 1. The lowest BCUT2D eigenvalue weighted by Crippen LogP contribution is -2.29. The van der Waals surface area contributed by atoms with Gasteiger partial charge in [0.05, 0.1) is 11.9 Å². The van der Waals surface area contributed by atoms with Gasteiger partial charge >= 0.3 is 0 Å². The lowest BCUT2D eigenvalue weighted by molar-refractivity contribution is 0.289. The minimum absolute atomic E-state index is 0.0625. The molecule has 1 aromatic carbocycles. The first-order chi connectivity index (χ1) is 10.5. The molecule has 0 aliphatic carbocycles. The summed E-state index contributed by atoms with van der Waals surface area (Å²) in [6, 6.07) is 7.45. The summed E-state index contributed by atoms with van der Waals surface area (Å²) in [6.45, 7) is 1.17. The summed E-state index contributed by atoms with van der Waals surface area (Å²) >= 11 is 12.1. The van der Waals surface area contributed by atoms with E-state index in [1.165, 1.54) is 4.68 Å². The van der Waals surface area contributed by atoms with Crippen molar-refractivity contribution in [2.24, 2.45) is 7.05 Å². The van der Waals surface area contributed by atoms with Gasteiger partial charge in [0.2, 0.25) is 0 Å². The SMILES string of the molecule is Cn1ncc(N(CCCO)Cc2ccc(Cl)cc2)c(Cl)c1=O. The van der Waals surface area contributed by atoms with Crippen LogP contribution < -0.4 is 10.5 Å². The Morgan fingerprint density at radius 2 is 1.95 bits per heavy atom. The monoisotopic (exact) mass is 341 g/mol. The van der Waals surface area contributed by atoms with E-state index in [1.807, 2.05) is 29.2 Å². The maximum absolute atomic E-state index is 11.9. The predicted molar refractivity (Wildman–Crippen MR) is 88.7 cm³/mol. The van der Waals surface area contributed by atoms with Crippen molar-refractivity contribution in [3.63, 3.8) is 0 Å². The molecule has 0 radical (unpaired) electrons. The van der Waals surface area contributed by atoms with Crippen molar-refractivity contribution < 1.29 is 5.11 Å². The fourth-order valence-corrected chi connectivity index (χ4v) is 2.50. The molecule has 0 fully saturated rings. The summed E-state index contributed by atoms with van der Waals surface area (Å²) < 4.78 is 1.19. The van der Waals surface area contributed by atoms with Gasteiger partial charge in [-0.2, -0.15) is 5.10 Å². The van der Waals surface area contributed by atoms with Gasteiger partial charge in [-0.05, 0) is 24.1 Å². The van der Waals surface area contributed by atoms with Crippen molar-refractivity contribution in [3.8, 4) is 0 Å². The van der Waals surface area contributed by atoms with Gasteiger partial charge in [-0.1, -0.05) is 35.3 Å². The Hall–Kier alpha value is -1.56. The molecule has 1 heterocycles. The standard InChI is InChI=1S/C15H17Cl2N3O2/c1-19-15(22)14(17)13(9-18-19)20(7-2-8-21)10-11-3-5-12(16)6-4-11/h3-6,9,21H,2,7-8,10H2,1H3. The van der Waals surface area contributed by atoms with Crippen LogP contribution in [0.15, 0.2) is 35.3 Å². The molecule has 0 atom stereocenters. The van der Waals surface area contributed by atoms with Crippen LogP contribution in [0.5, 0.6) is 0 Å². The van der Waals surface area contributed by atoms with E-state index in [0.29, 0.717) is 30.2 Å². The van der Waals surface area contributed by atoms with Crippen LogP contribution >= 0.6 is 23.2 Å². The molecule has 1 aromatic heterocycles. The quantitative estimate of drug-likeness (QED) is 0.876. The second kappa shape index (κ2) is 7.63. The molecule has 7 heteroatoms. The van der Waals surface area contributed by atoms with Crippen LogP contribution in [-0.4, -0.2) is 28.0 Å². The third-order valence-corrected chi connectivity index (χ3v) is 3.88. The number of aliphatic hydroxyl groups excluding tert-OH is 1. The zero-order valence-electron chi connectivity index (χ0n) is 12.2. The highest BCUT2D eigenvalue weighted by Crippen LogP contribution is 2.23. The Morgan fingerprint density at radius 3 is 2.59 bits per heavy atom. The van der Waals surface area contributed by atoms with Crippen LogP contribution in [0, 0.1) is 0 Å².